The molecule has 0 amide bonds. The Morgan fingerprint density at radius 2 is 1.70 bits per heavy atom. The molecule has 20 heavy (non-hydrogen) atoms. The Hall–Kier alpha value is -1.59. The van der Waals surface area contributed by atoms with E-state index in [9.17, 15) is 17.6 Å². The summed E-state index contributed by atoms with van der Waals surface area (Å²) in [6.45, 7) is 0. The number of halogens is 5. The van der Waals surface area contributed by atoms with Crippen molar-refractivity contribution in [2.45, 2.75) is 12.2 Å². The lowest BCUT2D eigenvalue weighted by Gasteiger charge is -2.16. The number of benzene rings is 2. The maximum Gasteiger partial charge on any atom is 0.416 e. The lowest BCUT2D eigenvalue weighted by Crippen LogP contribution is -2.15. The van der Waals surface area contributed by atoms with Crippen LogP contribution in [0.1, 0.15) is 22.7 Å². The first kappa shape index (κ1) is 14.8. The molecule has 2 aromatic rings. The zero-order chi connectivity index (χ0) is 14.9. The molecule has 0 aliphatic carbocycles. The average Bonchev–Trinajstić information content (AvgIpc) is 2.37. The highest BCUT2D eigenvalue weighted by atomic mass is 35.5. The van der Waals surface area contributed by atoms with Gasteiger partial charge < -0.3 is 5.73 Å². The van der Waals surface area contributed by atoms with Crippen LogP contribution in [0.5, 0.6) is 0 Å². The van der Waals surface area contributed by atoms with Gasteiger partial charge in [-0.2, -0.15) is 13.2 Å². The molecule has 6 heteroatoms. The van der Waals surface area contributed by atoms with Gasteiger partial charge in [0.25, 0.3) is 0 Å². The van der Waals surface area contributed by atoms with E-state index in [0.29, 0.717) is 0 Å². The summed E-state index contributed by atoms with van der Waals surface area (Å²) in [5.41, 5.74) is 5.13. The number of nitrogens with two attached hydrogens (primary N) is 1. The minimum absolute atomic E-state index is 0.0199. The van der Waals surface area contributed by atoms with Gasteiger partial charge in [-0.15, -0.1) is 0 Å². The third-order valence-corrected chi connectivity index (χ3v) is 3.21. The molecule has 0 saturated heterocycles. The van der Waals surface area contributed by atoms with Crippen molar-refractivity contribution >= 4 is 11.6 Å². The third-order valence-electron chi connectivity index (χ3n) is 2.88. The van der Waals surface area contributed by atoms with Crippen molar-refractivity contribution < 1.29 is 17.6 Å². The third kappa shape index (κ3) is 2.94. The molecule has 1 atom stereocenters. The Balaban J connectivity index is 2.46. The average molecular weight is 304 g/mol. The number of alkyl halides is 3. The van der Waals surface area contributed by atoms with E-state index in [-0.39, 0.29) is 16.1 Å². The molecule has 2 N–H and O–H groups in total. The molecular formula is C14H10ClF4N. The number of rotatable bonds is 2. The molecule has 1 unspecified atom stereocenters. The van der Waals surface area contributed by atoms with E-state index in [4.69, 9.17) is 17.3 Å². The van der Waals surface area contributed by atoms with Crippen LogP contribution < -0.4 is 5.73 Å². The van der Waals surface area contributed by atoms with Gasteiger partial charge in [0.15, 0.2) is 0 Å². The predicted molar refractivity (Wildman–Crippen MR) is 68.9 cm³/mol. The van der Waals surface area contributed by atoms with Crippen LogP contribution in [0.15, 0.2) is 42.5 Å². The van der Waals surface area contributed by atoms with Crippen LogP contribution in [0, 0.1) is 5.82 Å². The zero-order valence-corrected chi connectivity index (χ0v) is 10.8. The van der Waals surface area contributed by atoms with Crippen LogP contribution in [0.3, 0.4) is 0 Å². The monoisotopic (exact) mass is 303 g/mol. The molecule has 0 saturated carbocycles. The largest absolute Gasteiger partial charge is 0.416 e. The maximum atomic E-state index is 13.7. The fourth-order valence-corrected chi connectivity index (χ4v) is 2.16. The molecule has 0 heterocycles. The van der Waals surface area contributed by atoms with Crippen LogP contribution >= 0.6 is 11.6 Å². The van der Waals surface area contributed by atoms with Crippen LogP contribution in [-0.2, 0) is 6.18 Å². The van der Waals surface area contributed by atoms with Gasteiger partial charge in [0.2, 0.25) is 0 Å². The molecule has 0 bridgehead atoms. The lowest BCUT2D eigenvalue weighted by molar-refractivity contribution is -0.137. The van der Waals surface area contributed by atoms with Crippen molar-refractivity contribution in [3.8, 4) is 0 Å². The quantitative estimate of drug-likeness (QED) is 0.810. The molecule has 0 aliphatic rings. The molecule has 0 fully saturated rings. The Morgan fingerprint density at radius 1 is 1.05 bits per heavy atom. The summed E-state index contributed by atoms with van der Waals surface area (Å²) in [5.74, 6) is -0.651. The van der Waals surface area contributed by atoms with Crippen LogP contribution in [-0.4, -0.2) is 0 Å². The topological polar surface area (TPSA) is 26.0 Å². The van der Waals surface area contributed by atoms with E-state index in [1.807, 2.05) is 0 Å². The van der Waals surface area contributed by atoms with Gasteiger partial charge in [0.1, 0.15) is 5.82 Å². The molecule has 2 rings (SSSR count). The highest BCUT2D eigenvalue weighted by Crippen LogP contribution is 2.33. The summed E-state index contributed by atoms with van der Waals surface area (Å²) in [4.78, 5) is 0. The van der Waals surface area contributed by atoms with E-state index < -0.39 is 23.6 Å². The Labute approximate surface area is 118 Å². The highest BCUT2D eigenvalue weighted by molar-refractivity contribution is 6.31. The van der Waals surface area contributed by atoms with Gasteiger partial charge in [-0.05, 0) is 29.8 Å². The summed E-state index contributed by atoms with van der Waals surface area (Å²) in [7, 11) is 0. The highest BCUT2D eigenvalue weighted by Gasteiger charge is 2.31. The van der Waals surface area contributed by atoms with Gasteiger partial charge in [-0.3, -0.25) is 0 Å². The second-order valence-corrected chi connectivity index (χ2v) is 4.64. The van der Waals surface area contributed by atoms with Crippen LogP contribution in [0.25, 0.3) is 0 Å². The van der Waals surface area contributed by atoms with Gasteiger partial charge in [0.05, 0.1) is 11.6 Å². The van der Waals surface area contributed by atoms with Crippen LogP contribution in [0.2, 0.25) is 5.02 Å². The van der Waals surface area contributed by atoms with E-state index in [0.717, 1.165) is 18.2 Å². The van der Waals surface area contributed by atoms with Crippen molar-refractivity contribution in [3.05, 3.63) is 70.0 Å². The molecule has 106 valence electrons. The fraction of sp³-hybridized carbons (Fsp3) is 0.143. The summed E-state index contributed by atoms with van der Waals surface area (Å²) >= 11 is 5.86. The second-order valence-electron chi connectivity index (χ2n) is 4.24. The van der Waals surface area contributed by atoms with Gasteiger partial charge in [0, 0.05) is 10.6 Å². The Bertz CT molecular complexity index is 605. The first-order valence-corrected chi connectivity index (χ1v) is 6.05. The van der Waals surface area contributed by atoms with E-state index in [1.54, 1.807) is 0 Å². The molecule has 0 radical (unpaired) electrons. The van der Waals surface area contributed by atoms with Crippen molar-refractivity contribution in [2.24, 2.45) is 5.73 Å². The SMILES string of the molecule is NC(c1cccc(C(F)(F)F)c1)c1c(F)cccc1Cl. The lowest BCUT2D eigenvalue weighted by atomic mass is 9.97. The van der Waals surface area contributed by atoms with Gasteiger partial charge >= 0.3 is 6.18 Å². The minimum Gasteiger partial charge on any atom is -0.320 e. The molecular weight excluding hydrogens is 294 g/mol. The van der Waals surface area contributed by atoms with Crippen molar-refractivity contribution in [1.29, 1.82) is 0 Å². The minimum atomic E-state index is -4.48. The van der Waals surface area contributed by atoms with Crippen molar-refractivity contribution in [3.63, 3.8) is 0 Å². The summed E-state index contributed by atoms with van der Waals surface area (Å²) in [6, 6.07) is 7.40. The summed E-state index contributed by atoms with van der Waals surface area (Å²) in [6.07, 6.45) is -4.48. The fourth-order valence-electron chi connectivity index (χ4n) is 1.88. The van der Waals surface area contributed by atoms with Gasteiger partial charge in [-0.25, -0.2) is 4.39 Å². The molecule has 0 spiro atoms. The van der Waals surface area contributed by atoms with Crippen LogP contribution in [0.4, 0.5) is 17.6 Å². The standard InChI is InChI=1S/C14H10ClF4N/c15-10-5-2-6-11(16)12(10)13(20)8-3-1-4-9(7-8)14(17,18)19/h1-7,13H,20H2. The predicted octanol–water partition coefficient (Wildman–Crippen LogP) is 4.55. The summed E-state index contributed by atoms with van der Waals surface area (Å²) in [5, 5.41) is 0.0786. The maximum absolute atomic E-state index is 13.7. The Morgan fingerprint density at radius 3 is 2.30 bits per heavy atom. The van der Waals surface area contributed by atoms with Gasteiger partial charge in [-0.1, -0.05) is 29.8 Å². The van der Waals surface area contributed by atoms with E-state index >= 15 is 0 Å². The normalized spacial score (nSPS) is 13.3. The van der Waals surface area contributed by atoms with E-state index in [2.05, 4.69) is 0 Å². The number of hydrogen-bond donors (Lipinski definition) is 1. The number of hydrogen-bond acceptors (Lipinski definition) is 1. The second kappa shape index (κ2) is 5.42. The first-order valence-electron chi connectivity index (χ1n) is 5.67. The molecule has 1 nitrogen and oxygen atoms in total. The molecule has 0 aliphatic heterocycles. The first-order chi connectivity index (χ1) is 9.30. The molecule has 0 aromatic heterocycles. The smallest absolute Gasteiger partial charge is 0.320 e. The van der Waals surface area contributed by atoms with Crippen molar-refractivity contribution in [2.75, 3.05) is 0 Å². The summed E-state index contributed by atoms with van der Waals surface area (Å²) < 4.78 is 51.7. The Kier molecular flexibility index (Phi) is 4.01. The molecule has 2 aromatic carbocycles. The van der Waals surface area contributed by atoms with Crippen molar-refractivity contribution in [1.82, 2.24) is 0 Å². The van der Waals surface area contributed by atoms with E-state index in [1.165, 1.54) is 24.3 Å². The zero-order valence-electron chi connectivity index (χ0n) is 10.1.